The minimum atomic E-state index is -0.551. The first-order chi connectivity index (χ1) is 11.4. The van der Waals surface area contributed by atoms with Gasteiger partial charge in [-0.2, -0.15) is 0 Å². The number of aromatic amines is 1. The molecule has 7 nitrogen and oxygen atoms in total. The molecule has 0 radical (unpaired) electrons. The molecule has 0 spiro atoms. The summed E-state index contributed by atoms with van der Waals surface area (Å²) >= 11 is 0. The number of nitrogens with one attached hydrogen (secondary N) is 1. The molecule has 1 saturated heterocycles. The number of methoxy groups -OCH3 is 2. The van der Waals surface area contributed by atoms with E-state index in [1.165, 1.54) is 14.2 Å². The number of rotatable bonds is 6. The molecule has 0 atom stereocenters. The highest BCUT2D eigenvalue weighted by atomic mass is 16.7. The first-order valence-corrected chi connectivity index (χ1v) is 7.92. The molecule has 0 aromatic carbocycles. The molecule has 2 heterocycles. The van der Waals surface area contributed by atoms with Crippen LogP contribution < -0.4 is 0 Å². The lowest BCUT2D eigenvalue weighted by molar-refractivity contribution is -0.228. The molecule has 1 N–H and O–H groups in total. The SMILES string of the molecule is COC(=O)CCc1c[nH]c(C2OCC(C)(C)CO2)c1CC(=O)OC. The Labute approximate surface area is 141 Å². The summed E-state index contributed by atoms with van der Waals surface area (Å²) in [5.41, 5.74) is 2.28. The van der Waals surface area contributed by atoms with Crippen molar-refractivity contribution < 1.29 is 28.5 Å². The van der Waals surface area contributed by atoms with Crippen LogP contribution in [0.5, 0.6) is 0 Å². The number of ether oxygens (including phenoxy) is 4. The second kappa shape index (κ2) is 7.81. The van der Waals surface area contributed by atoms with Gasteiger partial charge >= 0.3 is 11.9 Å². The van der Waals surface area contributed by atoms with E-state index in [2.05, 4.69) is 23.6 Å². The molecular weight excluding hydrogens is 314 g/mol. The van der Waals surface area contributed by atoms with Gasteiger partial charge in [-0.1, -0.05) is 13.8 Å². The molecule has 0 saturated carbocycles. The highest BCUT2D eigenvalue weighted by Crippen LogP contribution is 2.33. The number of carbonyl (C=O) groups excluding carboxylic acids is 2. The highest BCUT2D eigenvalue weighted by Gasteiger charge is 2.32. The molecule has 1 aliphatic heterocycles. The van der Waals surface area contributed by atoms with E-state index in [1.54, 1.807) is 6.20 Å². The molecule has 24 heavy (non-hydrogen) atoms. The average Bonchev–Trinajstić information content (AvgIpc) is 2.95. The maximum absolute atomic E-state index is 11.8. The van der Waals surface area contributed by atoms with Gasteiger partial charge in [0.05, 0.1) is 39.5 Å². The van der Waals surface area contributed by atoms with Crippen molar-refractivity contribution in [3.8, 4) is 0 Å². The van der Waals surface area contributed by atoms with E-state index in [1.807, 2.05) is 0 Å². The number of hydrogen-bond donors (Lipinski definition) is 1. The second-order valence-electron chi connectivity index (χ2n) is 6.65. The predicted molar refractivity (Wildman–Crippen MR) is 85.3 cm³/mol. The fourth-order valence-corrected chi connectivity index (χ4v) is 2.57. The Morgan fingerprint density at radius 3 is 2.42 bits per heavy atom. The van der Waals surface area contributed by atoms with E-state index in [0.717, 1.165) is 11.1 Å². The topological polar surface area (TPSA) is 86.9 Å². The van der Waals surface area contributed by atoms with Gasteiger partial charge in [-0.15, -0.1) is 0 Å². The Morgan fingerprint density at radius 1 is 1.21 bits per heavy atom. The maximum Gasteiger partial charge on any atom is 0.310 e. The van der Waals surface area contributed by atoms with Gasteiger partial charge in [-0.25, -0.2) is 0 Å². The van der Waals surface area contributed by atoms with Gasteiger partial charge < -0.3 is 23.9 Å². The van der Waals surface area contributed by atoms with Crippen LogP contribution in [0, 0.1) is 5.41 Å². The summed E-state index contributed by atoms with van der Waals surface area (Å²) in [6, 6.07) is 0. The van der Waals surface area contributed by atoms with Crippen molar-refractivity contribution in [1.82, 2.24) is 4.98 Å². The number of H-pyrrole nitrogens is 1. The van der Waals surface area contributed by atoms with Crippen molar-refractivity contribution in [2.75, 3.05) is 27.4 Å². The normalized spacial score (nSPS) is 17.5. The summed E-state index contributed by atoms with van der Waals surface area (Å²) in [5, 5.41) is 0. The van der Waals surface area contributed by atoms with Crippen LogP contribution in [0.1, 0.15) is 43.4 Å². The van der Waals surface area contributed by atoms with Crippen LogP contribution in [0.15, 0.2) is 6.20 Å². The molecule has 0 amide bonds. The third-order valence-electron chi connectivity index (χ3n) is 3.98. The first-order valence-electron chi connectivity index (χ1n) is 7.92. The van der Waals surface area contributed by atoms with Gasteiger partial charge in [0.1, 0.15) is 0 Å². The number of esters is 2. The van der Waals surface area contributed by atoms with Crippen molar-refractivity contribution in [2.45, 2.75) is 39.4 Å². The fraction of sp³-hybridized carbons (Fsp3) is 0.647. The molecule has 1 fully saturated rings. The molecule has 1 aromatic heterocycles. The van der Waals surface area contributed by atoms with E-state index in [9.17, 15) is 9.59 Å². The highest BCUT2D eigenvalue weighted by molar-refractivity contribution is 5.74. The lowest BCUT2D eigenvalue weighted by Crippen LogP contribution is -2.34. The minimum Gasteiger partial charge on any atom is -0.469 e. The third-order valence-corrected chi connectivity index (χ3v) is 3.98. The van der Waals surface area contributed by atoms with Crippen LogP contribution in [-0.2, 0) is 41.4 Å². The van der Waals surface area contributed by atoms with Crippen LogP contribution in [0.2, 0.25) is 0 Å². The Bertz CT molecular complexity index is 582. The molecule has 134 valence electrons. The van der Waals surface area contributed by atoms with Gasteiger partial charge in [-0.3, -0.25) is 9.59 Å². The van der Waals surface area contributed by atoms with Crippen LogP contribution in [0.25, 0.3) is 0 Å². The number of hydrogen-bond acceptors (Lipinski definition) is 6. The Balaban J connectivity index is 2.18. The summed E-state index contributed by atoms with van der Waals surface area (Å²) in [4.78, 5) is 26.3. The Kier molecular flexibility index (Phi) is 6.01. The zero-order valence-electron chi connectivity index (χ0n) is 14.6. The molecule has 0 bridgehead atoms. The van der Waals surface area contributed by atoms with Crippen molar-refractivity contribution in [3.63, 3.8) is 0 Å². The van der Waals surface area contributed by atoms with E-state index in [4.69, 9.17) is 14.2 Å². The zero-order valence-corrected chi connectivity index (χ0v) is 14.6. The number of carbonyl (C=O) groups is 2. The molecule has 0 aliphatic carbocycles. The quantitative estimate of drug-likeness (QED) is 0.797. The Hall–Kier alpha value is -1.86. The molecule has 7 heteroatoms. The third kappa shape index (κ3) is 4.58. The summed E-state index contributed by atoms with van der Waals surface area (Å²) in [5.74, 6) is -0.653. The zero-order chi connectivity index (χ0) is 17.7. The van der Waals surface area contributed by atoms with Crippen LogP contribution in [-0.4, -0.2) is 44.4 Å². The largest absolute Gasteiger partial charge is 0.469 e. The van der Waals surface area contributed by atoms with Gasteiger partial charge in [0, 0.05) is 18.0 Å². The fourth-order valence-electron chi connectivity index (χ4n) is 2.57. The van der Waals surface area contributed by atoms with E-state index < -0.39 is 6.29 Å². The predicted octanol–water partition coefficient (Wildman–Crippen LogP) is 1.91. The molecule has 1 aliphatic rings. The van der Waals surface area contributed by atoms with Crippen molar-refractivity contribution in [1.29, 1.82) is 0 Å². The average molecular weight is 339 g/mol. The lowest BCUT2D eigenvalue weighted by atomic mass is 9.95. The maximum atomic E-state index is 11.8. The van der Waals surface area contributed by atoms with Crippen LogP contribution in [0.4, 0.5) is 0 Å². The first kappa shape index (κ1) is 18.5. The Morgan fingerprint density at radius 2 is 1.83 bits per heavy atom. The van der Waals surface area contributed by atoms with Crippen molar-refractivity contribution in [3.05, 3.63) is 23.0 Å². The van der Waals surface area contributed by atoms with Crippen molar-refractivity contribution >= 4 is 11.9 Å². The summed E-state index contributed by atoms with van der Waals surface area (Å²) in [7, 11) is 2.70. The second-order valence-corrected chi connectivity index (χ2v) is 6.65. The molecular formula is C17H25NO6. The monoisotopic (exact) mass is 339 g/mol. The lowest BCUT2D eigenvalue weighted by Gasteiger charge is -2.34. The number of aromatic nitrogens is 1. The van der Waals surface area contributed by atoms with Crippen molar-refractivity contribution in [2.24, 2.45) is 5.41 Å². The molecule has 2 rings (SSSR count). The number of aryl methyl sites for hydroxylation is 1. The van der Waals surface area contributed by atoms with E-state index >= 15 is 0 Å². The smallest absolute Gasteiger partial charge is 0.310 e. The van der Waals surface area contributed by atoms with Gasteiger partial charge in [0.15, 0.2) is 6.29 Å². The van der Waals surface area contributed by atoms with Gasteiger partial charge in [0.2, 0.25) is 0 Å². The van der Waals surface area contributed by atoms with Crippen LogP contribution in [0.3, 0.4) is 0 Å². The summed E-state index contributed by atoms with van der Waals surface area (Å²) in [6.45, 7) is 5.25. The minimum absolute atomic E-state index is 0.0423. The molecule has 0 unspecified atom stereocenters. The van der Waals surface area contributed by atoms with Gasteiger partial charge in [-0.05, 0) is 17.5 Å². The summed E-state index contributed by atoms with van der Waals surface area (Å²) < 4.78 is 21.0. The van der Waals surface area contributed by atoms with Gasteiger partial charge in [0.25, 0.3) is 0 Å². The van der Waals surface area contributed by atoms with Crippen LogP contribution >= 0.6 is 0 Å². The standard InChI is InChI=1S/C17H25NO6/c1-17(2)9-23-16(24-10-17)15-12(7-14(20)22-4)11(8-18-15)5-6-13(19)21-3/h8,16,18H,5-7,9-10H2,1-4H3. The van der Waals surface area contributed by atoms with E-state index in [-0.39, 0.29) is 30.2 Å². The molecule has 1 aromatic rings. The summed E-state index contributed by atoms with van der Waals surface area (Å²) in [6.07, 6.45) is 2.03. The van der Waals surface area contributed by atoms with E-state index in [0.29, 0.717) is 25.3 Å².